The smallest absolute Gasteiger partial charge is 0.345 e. The molecule has 1 N–H and O–H groups in total. The Hall–Kier alpha value is -3.64. The molecule has 6 nitrogen and oxygen atoms in total. The molecule has 0 atom stereocenters. The van der Waals surface area contributed by atoms with E-state index in [1.807, 2.05) is 32.0 Å². The van der Waals surface area contributed by atoms with E-state index in [9.17, 15) is 9.59 Å². The molecule has 0 saturated heterocycles. The fraction of sp³-hybridized carbons (Fsp3) is 0.125. The van der Waals surface area contributed by atoms with Crippen LogP contribution >= 0.6 is 11.6 Å². The van der Waals surface area contributed by atoms with Crippen LogP contribution in [-0.4, -0.2) is 24.7 Å². The maximum Gasteiger partial charge on any atom is 0.345 e. The first-order valence-corrected chi connectivity index (χ1v) is 9.89. The van der Waals surface area contributed by atoms with E-state index in [2.05, 4.69) is 10.5 Å². The number of hydrogen-bond acceptors (Lipinski definition) is 5. The minimum absolute atomic E-state index is 0.140. The highest BCUT2D eigenvalue weighted by atomic mass is 35.5. The van der Waals surface area contributed by atoms with Gasteiger partial charge >= 0.3 is 5.97 Å². The van der Waals surface area contributed by atoms with Gasteiger partial charge in [0, 0.05) is 0 Å². The molecular weight excluding hydrogens is 416 g/mol. The number of amides is 1. The molecule has 0 spiro atoms. The lowest BCUT2D eigenvalue weighted by atomic mass is 10.1. The maximum absolute atomic E-state index is 12.2. The highest BCUT2D eigenvalue weighted by Crippen LogP contribution is 2.20. The number of nitrogens with one attached hydrogen (secondary N) is 1. The van der Waals surface area contributed by atoms with E-state index in [1.54, 1.807) is 48.5 Å². The summed E-state index contributed by atoms with van der Waals surface area (Å²) < 4.78 is 10.9. The summed E-state index contributed by atoms with van der Waals surface area (Å²) in [7, 11) is 0. The lowest BCUT2D eigenvalue weighted by Gasteiger charge is -2.09. The predicted octanol–water partition coefficient (Wildman–Crippen LogP) is 4.71. The first-order valence-electron chi connectivity index (χ1n) is 9.52. The highest BCUT2D eigenvalue weighted by Gasteiger charge is 2.12. The topological polar surface area (TPSA) is 77.0 Å². The Morgan fingerprint density at radius 1 is 1.00 bits per heavy atom. The van der Waals surface area contributed by atoms with Gasteiger partial charge in [0.05, 0.1) is 16.8 Å². The van der Waals surface area contributed by atoms with Gasteiger partial charge in [-0.05, 0) is 73.0 Å². The van der Waals surface area contributed by atoms with Gasteiger partial charge in [-0.15, -0.1) is 0 Å². The van der Waals surface area contributed by atoms with E-state index in [-0.39, 0.29) is 12.5 Å². The third kappa shape index (κ3) is 6.17. The molecule has 0 aliphatic rings. The third-order valence-corrected chi connectivity index (χ3v) is 4.83. The molecule has 31 heavy (non-hydrogen) atoms. The number of aryl methyl sites for hydroxylation is 1. The van der Waals surface area contributed by atoms with Gasteiger partial charge in [-0.2, -0.15) is 5.10 Å². The van der Waals surface area contributed by atoms with Crippen LogP contribution in [0.15, 0.2) is 71.8 Å². The number of hydrazone groups is 1. The van der Waals surface area contributed by atoms with E-state index in [0.29, 0.717) is 27.6 Å². The molecule has 0 unspecified atom stereocenters. The standard InChI is InChI=1S/C24H21ClN2O4/c1-16-6-5-9-22(17(16)2)30-15-23(28)27-26-14-18-10-12-19(13-11-18)31-24(29)20-7-3-4-8-21(20)25/h3-14H,15H2,1-2H3,(H,27,28)/b26-14-. The maximum atomic E-state index is 12.2. The van der Waals surface area contributed by atoms with E-state index in [1.165, 1.54) is 6.21 Å². The van der Waals surface area contributed by atoms with Crippen molar-refractivity contribution < 1.29 is 19.1 Å². The number of carbonyl (C=O) groups excluding carboxylic acids is 2. The summed E-state index contributed by atoms with van der Waals surface area (Å²) in [6.45, 7) is 3.78. The predicted molar refractivity (Wildman–Crippen MR) is 120 cm³/mol. The Kier molecular flexibility index (Phi) is 7.40. The van der Waals surface area contributed by atoms with Gasteiger partial charge in [0.25, 0.3) is 5.91 Å². The number of benzene rings is 3. The Labute approximate surface area is 185 Å². The summed E-state index contributed by atoms with van der Waals surface area (Å²) in [5.41, 5.74) is 5.51. The van der Waals surface area contributed by atoms with Crippen molar-refractivity contribution in [2.45, 2.75) is 13.8 Å². The fourth-order valence-corrected chi connectivity index (χ4v) is 2.86. The minimum Gasteiger partial charge on any atom is -0.483 e. The molecule has 3 aromatic carbocycles. The van der Waals surface area contributed by atoms with Crippen LogP contribution in [0.5, 0.6) is 11.5 Å². The average molecular weight is 437 g/mol. The molecule has 0 saturated carbocycles. The second-order valence-corrected chi connectivity index (χ2v) is 7.13. The van der Waals surface area contributed by atoms with E-state index < -0.39 is 5.97 Å². The van der Waals surface area contributed by atoms with Crippen LogP contribution in [0.1, 0.15) is 27.0 Å². The van der Waals surface area contributed by atoms with Crippen LogP contribution < -0.4 is 14.9 Å². The van der Waals surface area contributed by atoms with Crippen LogP contribution in [0.2, 0.25) is 5.02 Å². The number of rotatable bonds is 7. The first-order chi connectivity index (χ1) is 14.9. The monoisotopic (exact) mass is 436 g/mol. The molecule has 0 aliphatic carbocycles. The molecule has 3 rings (SSSR count). The Morgan fingerprint density at radius 3 is 2.48 bits per heavy atom. The molecule has 0 fully saturated rings. The number of carbonyl (C=O) groups is 2. The number of halogens is 1. The summed E-state index contributed by atoms with van der Waals surface area (Å²) in [5.74, 6) is 0.125. The van der Waals surface area contributed by atoms with Crippen LogP contribution in [0.4, 0.5) is 0 Å². The SMILES string of the molecule is Cc1cccc(OCC(=O)N/N=C\c2ccc(OC(=O)c3ccccc3Cl)cc2)c1C. The molecule has 7 heteroatoms. The van der Waals surface area contributed by atoms with Crippen molar-refractivity contribution in [1.82, 2.24) is 5.43 Å². The molecule has 3 aromatic rings. The molecule has 0 bridgehead atoms. The Morgan fingerprint density at radius 2 is 1.74 bits per heavy atom. The van der Waals surface area contributed by atoms with Gasteiger partial charge in [0.1, 0.15) is 11.5 Å². The third-order valence-electron chi connectivity index (χ3n) is 4.50. The molecular formula is C24H21ClN2O4. The highest BCUT2D eigenvalue weighted by molar-refractivity contribution is 6.33. The van der Waals surface area contributed by atoms with Crippen LogP contribution in [0.3, 0.4) is 0 Å². The average Bonchev–Trinajstić information content (AvgIpc) is 2.76. The number of esters is 1. The van der Waals surface area contributed by atoms with Gasteiger partial charge in [-0.3, -0.25) is 4.79 Å². The summed E-state index contributed by atoms with van der Waals surface area (Å²) in [5, 5.41) is 4.24. The quantitative estimate of drug-likeness (QED) is 0.252. The van der Waals surface area contributed by atoms with Crippen molar-refractivity contribution in [2.75, 3.05) is 6.61 Å². The van der Waals surface area contributed by atoms with Crippen molar-refractivity contribution >= 4 is 29.7 Å². The fourth-order valence-electron chi connectivity index (χ4n) is 2.65. The van der Waals surface area contributed by atoms with Gasteiger partial charge < -0.3 is 9.47 Å². The second-order valence-electron chi connectivity index (χ2n) is 6.72. The molecule has 1 amide bonds. The van der Waals surface area contributed by atoms with Gasteiger partial charge in [0.2, 0.25) is 0 Å². The number of hydrogen-bond donors (Lipinski definition) is 1. The van der Waals surface area contributed by atoms with E-state index >= 15 is 0 Å². The largest absolute Gasteiger partial charge is 0.483 e. The summed E-state index contributed by atoms with van der Waals surface area (Å²) in [6.07, 6.45) is 1.48. The first kappa shape index (κ1) is 22.1. The molecule has 0 aliphatic heterocycles. The molecule has 158 valence electrons. The second kappa shape index (κ2) is 10.4. The normalized spacial score (nSPS) is 10.7. The summed E-state index contributed by atoms with van der Waals surface area (Å²) in [6, 6.07) is 19.0. The van der Waals surface area contributed by atoms with Crippen molar-refractivity contribution in [3.8, 4) is 11.5 Å². The Balaban J connectivity index is 1.49. The number of nitrogens with zero attached hydrogens (tertiary/aromatic N) is 1. The summed E-state index contributed by atoms with van der Waals surface area (Å²) >= 11 is 6.00. The van der Waals surface area contributed by atoms with Crippen molar-refractivity contribution in [1.29, 1.82) is 0 Å². The van der Waals surface area contributed by atoms with Crippen LogP contribution in [0.25, 0.3) is 0 Å². The van der Waals surface area contributed by atoms with Crippen molar-refractivity contribution in [2.24, 2.45) is 5.10 Å². The summed E-state index contributed by atoms with van der Waals surface area (Å²) in [4.78, 5) is 24.1. The molecule has 0 radical (unpaired) electrons. The van der Waals surface area contributed by atoms with Crippen molar-refractivity contribution in [3.63, 3.8) is 0 Å². The molecule has 0 heterocycles. The zero-order valence-electron chi connectivity index (χ0n) is 17.1. The van der Waals surface area contributed by atoms with Gasteiger partial charge in [-0.1, -0.05) is 35.9 Å². The minimum atomic E-state index is -0.539. The van der Waals surface area contributed by atoms with E-state index in [4.69, 9.17) is 21.1 Å². The van der Waals surface area contributed by atoms with Crippen LogP contribution in [-0.2, 0) is 4.79 Å². The number of ether oxygens (including phenoxy) is 2. The zero-order chi connectivity index (χ0) is 22.2. The van der Waals surface area contributed by atoms with Crippen molar-refractivity contribution in [3.05, 3.63) is 94.0 Å². The van der Waals surface area contributed by atoms with Crippen LogP contribution in [0, 0.1) is 13.8 Å². The zero-order valence-corrected chi connectivity index (χ0v) is 17.8. The molecule has 0 aromatic heterocycles. The van der Waals surface area contributed by atoms with E-state index in [0.717, 1.165) is 11.1 Å². The van der Waals surface area contributed by atoms with Gasteiger partial charge in [0.15, 0.2) is 6.61 Å². The lowest BCUT2D eigenvalue weighted by Crippen LogP contribution is -2.24. The van der Waals surface area contributed by atoms with Gasteiger partial charge in [-0.25, -0.2) is 10.2 Å². The lowest BCUT2D eigenvalue weighted by molar-refractivity contribution is -0.123. The Bertz CT molecular complexity index is 1110.